The number of carbonyl (C=O) groups excluding carboxylic acids is 1. The van der Waals surface area contributed by atoms with E-state index in [9.17, 15) is 14.7 Å². The van der Waals surface area contributed by atoms with Gasteiger partial charge in [0, 0.05) is 17.5 Å². The molecule has 8 heteroatoms. The van der Waals surface area contributed by atoms with Crippen molar-refractivity contribution >= 4 is 51.9 Å². The standard InChI is InChI=1S/C18H14N2O4S2/c1-2-7-20-16(22)15(10-12-4-3-8-25-12)26-18(20)19-11-5-6-13(17(23)24)14(21)9-11/h2-6,8-10,21H,1,7H2,(H,23,24)/b15-10-,19-18?. The predicted octanol–water partition coefficient (Wildman–Crippen LogP) is 3.94. The molecule has 6 nitrogen and oxygen atoms in total. The van der Waals surface area contributed by atoms with Gasteiger partial charge in [-0.05, 0) is 41.4 Å². The molecule has 3 rings (SSSR count). The summed E-state index contributed by atoms with van der Waals surface area (Å²) in [7, 11) is 0. The van der Waals surface area contributed by atoms with E-state index in [1.807, 2.05) is 17.5 Å². The molecule has 132 valence electrons. The molecule has 2 aromatic rings. The highest BCUT2D eigenvalue weighted by molar-refractivity contribution is 8.18. The summed E-state index contributed by atoms with van der Waals surface area (Å²) in [5.74, 6) is -1.77. The van der Waals surface area contributed by atoms with Gasteiger partial charge in [0.05, 0.1) is 10.6 Å². The average molecular weight is 386 g/mol. The van der Waals surface area contributed by atoms with Crippen LogP contribution in [0.15, 0.2) is 58.3 Å². The molecule has 0 radical (unpaired) electrons. The number of aromatic hydroxyl groups is 1. The van der Waals surface area contributed by atoms with Gasteiger partial charge in [-0.2, -0.15) is 0 Å². The van der Waals surface area contributed by atoms with Gasteiger partial charge in [-0.15, -0.1) is 17.9 Å². The third-order valence-corrected chi connectivity index (χ3v) is 5.28. The first-order valence-electron chi connectivity index (χ1n) is 7.50. The van der Waals surface area contributed by atoms with Gasteiger partial charge in [-0.1, -0.05) is 12.1 Å². The van der Waals surface area contributed by atoms with E-state index in [0.717, 1.165) is 4.88 Å². The number of amides is 1. The molecule has 0 saturated carbocycles. The number of rotatable bonds is 5. The van der Waals surface area contributed by atoms with Gasteiger partial charge in [0.2, 0.25) is 0 Å². The lowest BCUT2D eigenvalue weighted by molar-refractivity contribution is -0.121. The maximum Gasteiger partial charge on any atom is 0.339 e. The molecule has 0 atom stereocenters. The second-order valence-corrected chi connectivity index (χ2v) is 7.22. The number of amidine groups is 1. The fourth-order valence-corrected chi connectivity index (χ4v) is 4.00. The minimum Gasteiger partial charge on any atom is -0.507 e. The van der Waals surface area contributed by atoms with Crippen LogP contribution in [0.2, 0.25) is 0 Å². The van der Waals surface area contributed by atoms with Crippen LogP contribution in [0.5, 0.6) is 5.75 Å². The summed E-state index contributed by atoms with van der Waals surface area (Å²) in [6.07, 6.45) is 3.41. The Labute approximate surface area is 157 Å². The van der Waals surface area contributed by atoms with Gasteiger partial charge < -0.3 is 10.2 Å². The van der Waals surface area contributed by atoms with Crippen molar-refractivity contribution in [3.05, 3.63) is 63.7 Å². The van der Waals surface area contributed by atoms with Crippen molar-refractivity contribution < 1.29 is 19.8 Å². The number of nitrogens with zero attached hydrogens (tertiary/aromatic N) is 2. The monoisotopic (exact) mass is 386 g/mol. The lowest BCUT2D eigenvalue weighted by Gasteiger charge is -2.12. The van der Waals surface area contributed by atoms with E-state index in [1.54, 1.807) is 12.2 Å². The van der Waals surface area contributed by atoms with Crippen molar-refractivity contribution in [3.63, 3.8) is 0 Å². The van der Waals surface area contributed by atoms with E-state index >= 15 is 0 Å². The van der Waals surface area contributed by atoms with Crippen LogP contribution < -0.4 is 0 Å². The number of carboxylic acid groups (broad SMARTS) is 1. The Morgan fingerprint density at radius 1 is 1.35 bits per heavy atom. The summed E-state index contributed by atoms with van der Waals surface area (Å²) in [6, 6.07) is 7.84. The van der Waals surface area contributed by atoms with Crippen LogP contribution in [-0.4, -0.2) is 38.7 Å². The van der Waals surface area contributed by atoms with Crippen LogP contribution in [0.1, 0.15) is 15.2 Å². The maximum absolute atomic E-state index is 12.6. The van der Waals surface area contributed by atoms with Gasteiger partial charge in [0.1, 0.15) is 11.3 Å². The number of aromatic carboxylic acids is 1. The minimum absolute atomic E-state index is 0.173. The van der Waals surface area contributed by atoms with Gasteiger partial charge >= 0.3 is 5.97 Å². The van der Waals surface area contributed by atoms with Crippen molar-refractivity contribution in [2.24, 2.45) is 4.99 Å². The number of carboxylic acids is 1. The average Bonchev–Trinajstić information content (AvgIpc) is 3.19. The van der Waals surface area contributed by atoms with Gasteiger partial charge in [0.15, 0.2) is 5.17 Å². The van der Waals surface area contributed by atoms with Crippen LogP contribution in [0.25, 0.3) is 6.08 Å². The zero-order chi connectivity index (χ0) is 18.7. The van der Waals surface area contributed by atoms with Crippen LogP contribution >= 0.6 is 23.1 Å². The highest BCUT2D eigenvalue weighted by Gasteiger charge is 2.32. The van der Waals surface area contributed by atoms with Crippen molar-refractivity contribution in [1.29, 1.82) is 0 Å². The summed E-state index contributed by atoms with van der Waals surface area (Å²) in [5.41, 5.74) is 0.152. The molecule has 0 bridgehead atoms. The van der Waals surface area contributed by atoms with Crippen molar-refractivity contribution in [3.8, 4) is 5.75 Å². The molecule has 26 heavy (non-hydrogen) atoms. The first-order chi connectivity index (χ1) is 12.5. The SMILES string of the molecule is C=CCN1C(=O)/C(=C/c2cccs2)SC1=Nc1ccc(C(=O)O)c(O)c1. The smallest absolute Gasteiger partial charge is 0.339 e. The second kappa shape index (κ2) is 7.59. The number of thioether (sulfide) groups is 1. The summed E-state index contributed by atoms with van der Waals surface area (Å²) in [4.78, 5) is 31.0. The third kappa shape index (κ3) is 3.71. The van der Waals surface area contributed by atoms with Gasteiger partial charge in [-0.3, -0.25) is 9.69 Å². The van der Waals surface area contributed by atoms with Crippen LogP contribution in [0.3, 0.4) is 0 Å². The van der Waals surface area contributed by atoms with Gasteiger partial charge in [0.25, 0.3) is 5.91 Å². The van der Waals surface area contributed by atoms with Crippen LogP contribution in [-0.2, 0) is 4.79 Å². The lowest BCUT2D eigenvalue weighted by atomic mass is 10.2. The molecule has 1 aromatic carbocycles. The fourth-order valence-electron chi connectivity index (χ4n) is 2.26. The maximum atomic E-state index is 12.6. The molecule has 1 saturated heterocycles. The first kappa shape index (κ1) is 18.0. The Morgan fingerprint density at radius 3 is 2.77 bits per heavy atom. The molecule has 1 aliphatic heterocycles. The van der Waals surface area contributed by atoms with Crippen molar-refractivity contribution in [2.45, 2.75) is 0 Å². The fraction of sp³-hybridized carbons (Fsp3) is 0.0556. The molecule has 2 N–H and O–H groups in total. The van der Waals surface area contributed by atoms with Crippen LogP contribution in [0.4, 0.5) is 5.69 Å². The molecule has 1 fully saturated rings. The number of carbonyl (C=O) groups is 2. The van der Waals surface area contributed by atoms with Gasteiger partial charge in [-0.25, -0.2) is 9.79 Å². The Hall–Kier alpha value is -2.84. The Kier molecular flexibility index (Phi) is 5.24. The molecule has 1 aromatic heterocycles. The molecule has 1 aliphatic rings. The highest BCUT2D eigenvalue weighted by Crippen LogP contribution is 2.35. The predicted molar refractivity (Wildman–Crippen MR) is 104 cm³/mol. The number of benzene rings is 1. The van der Waals surface area contributed by atoms with Crippen molar-refractivity contribution in [1.82, 2.24) is 4.90 Å². The number of phenols is 1. The number of aliphatic imine (C=N–C) groups is 1. The quantitative estimate of drug-likeness (QED) is 0.600. The first-order valence-corrected chi connectivity index (χ1v) is 9.20. The summed E-state index contributed by atoms with van der Waals surface area (Å²) >= 11 is 2.75. The number of hydrogen-bond donors (Lipinski definition) is 2. The second-order valence-electron chi connectivity index (χ2n) is 5.23. The summed E-state index contributed by atoms with van der Waals surface area (Å²) < 4.78 is 0. The number of thiophene rings is 1. The Bertz CT molecular complexity index is 933. The van der Waals surface area contributed by atoms with E-state index < -0.39 is 5.97 Å². The molecular weight excluding hydrogens is 372 g/mol. The molecule has 1 amide bonds. The van der Waals surface area contributed by atoms with E-state index in [4.69, 9.17) is 5.11 Å². The molecule has 0 aliphatic carbocycles. The largest absolute Gasteiger partial charge is 0.507 e. The van der Waals surface area contributed by atoms with E-state index in [-0.39, 0.29) is 17.2 Å². The third-order valence-electron chi connectivity index (χ3n) is 3.45. The molecule has 0 spiro atoms. The van der Waals surface area contributed by atoms with Crippen LogP contribution in [0, 0.1) is 0 Å². The topological polar surface area (TPSA) is 90.2 Å². The Morgan fingerprint density at radius 2 is 2.15 bits per heavy atom. The molecule has 0 unspecified atom stereocenters. The highest BCUT2D eigenvalue weighted by atomic mass is 32.2. The van der Waals surface area contributed by atoms with E-state index in [0.29, 0.717) is 22.3 Å². The molecular formula is C18H14N2O4S2. The summed E-state index contributed by atoms with van der Waals surface area (Å²) in [5, 5.41) is 21.2. The van der Waals surface area contributed by atoms with Crippen molar-refractivity contribution in [2.75, 3.05) is 6.54 Å². The van der Waals surface area contributed by atoms with E-state index in [1.165, 1.54) is 46.2 Å². The zero-order valence-electron chi connectivity index (χ0n) is 13.5. The Balaban J connectivity index is 1.95. The summed E-state index contributed by atoms with van der Waals surface area (Å²) in [6.45, 7) is 3.96. The van der Waals surface area contributed by atoms with E-state index in [2.05, 4.69) is 11.6 Å². The minimum atomic E-state index is -1.22. The number of hydrogen-bond acceptors (Lipinski definition) is 6. The zero-order valence-corrected chi connectivity index (χ0v) is 15.1. The normalized spacial score (nSPS) is 17.2. The lowest BCUT2D eigenvalue weighted by Crippen LogP contribution is -2.29. The molecule has 2 heterocycles.